The van der Waals surface area contributed by atoms with Crippen LogP contribution in [0.1, 0.15) is 38.2 Å². The summed E-state index contributed by atoms with van der Waals surface area (Å²) in [6.45, 7) is 3.76. The Morgan fingerprint density at radius 2 is 2.19 bits per heavy atom. The highest BCUT2D eigenvalue weighted by molar-refractivity contribution is 9.09. The molecule has 1 fully saturated rings. The van der Waals surface area contributed by atoms with E-state index in [2.05, 4.69) is 27.6 Å². The van der Waals surface area contributed by atoms with Gasteiger partial charge in [0, 0.05) is 10.9 Å². The van der Waals surface area contributed by atoms with E-state index in [4.69, 9.17) is 0 Å². The van der Waals surface area contributed by atoms with Crippen molar-refractivity contribution in [2.24, 2.45) is 5.92 Å². The molecule has 2 unspecified atom stereocenters. The number of benzene rings is 1. The second kappa shape index (κ2) is 6.34. The number of rotatable bonds is 4. The Bertz CT molecular complexity index is 620. The second-order valence-corrected chi connectivity index (χ2v) is 8.34. The monoisotopic (exact) mass is 377 g/mol. The fraction of sp³-hybridized carbons (Fsp3) is 0.600. The smallest absolute Gasteiger partial charge is 0.207 e. The van der Waals surface area contributed by atoms with Crippen molar-refractivity contribution in [2.75, 3.05) is 5.33 Å². The molecule has 1 aromatic carbocycles. The molecule has 0 spiro atoms. The van der Waals surface area contributed by atoms with Crippen molar-refractivity contribution in [2.45, 2.75) is 50.0 Å². The highest BCUT2D eigenvalue weighted by atomic mass is 79.9. The molecule has 3 nitrogen and oxygen atoms in total. The van der Waals surface area contributed by atoms with Crippen molar-refractivity contribution in [3.8, 4) is 0 Å². The van der Waals surface area contributed by atoms with Gasteiger partial charge in [-0.1, -0.05) is 35.7 Å². The standard InChI is InChI=1S/C15H21BrFNO2S/c1-11-4-3-7-15(9-11,10-16)18-21(19,20)14-6-5-13(17)8-12(14)2/h5-6,8,11,18H,3-4,7,9-10H2,1-2H3. The Balaban J connectivity index is 2.31. The molecule has 6 heteroatoms. The summed E-state index contributed by atoms with van der Waals surface area (Å²) in [7, 11) is -3.65. The van der Waals surface area contributed by atoms with E-state index >= 15 is 0 Å². The highest BCUT2D eigenvalue weighted by Crippen LogP contribution is 2.35. The Hall–Kier alpha value is -0.460. The molecular formula is C15H21BrFNO2S. The molecule has 0 saturated heterocycles. The number of halogens is 2. The van der Waals surface area contributed by atoms with Crippen LogP contribution in [0.4, 0.5) is 4.39 Å². The van der Waals surface area contributed by atoms with Gasteiger partial charge >= 0.3 is 0 Å². The molecule has 1 saturated carbocycles. The van der Waals surface area contributed by atoms with Crippen molar-refractivity contribution >= 4 is 26.0 Å². The first kappa shape index (κ1) is 16.9. The lowest BCUT2D eigenvalue weighted by molar-refractivity contribution is 0.241. The average Bonchev–Trinajstić information content (AvgIpc) is 2.37. The van der Waals surface area contributed by atoms with Crippen LogP contribution in [0.5, 0.6) is 0 Å². The van der Waals surface area contributed by atoms with Crippen LogP contribution in [-0.2, 0) is 10.0 Å². The summed E-state index contributed by atoms with van der Waals surface area (Å²) in [5.41, 5.74) is -0.0202. The lowest BCUT2D eigenvalue weighted by Crippen LogP contribution is -2.52. The maximum atomic E-state index is 13.2. The van der Waals surface area contributed by atoms with Gasteiger partial charge in [-0.25, -0.2) is 17.5 Å². The molecule has 1 aliphatic rings. The van der Waals surface area contributed by atoms with Crippen LogP contribution in [0.15, 0.2) is 23.1 Å². The van der Waals surface area contributed by atoms with Crippen molar-refractivity contribution in [1.29, 1.82) is 0 Å². The van der Waals surface area contributed by atoms with Gasteiger partial charge in [-0.15, -0.1) is 0 Å². The lowest BCUT2D eigenvalue weighted by atomic mass is 9.78. The Labute approximate surface area is 134 Å². The minimum absolute atomic E-state index is 0.155. The van der Waals surface area contributed by atoms with Gasteiger partial charge in [-0.2, -0.15) is 0 Å². The lowest BCUT2D eigenvalue weighted by Gasteiger charge is -2.39. The van der Waals surface area contributed by atoms with Gasteiger partial charge in [0.25, 0.3) is 0 Å². The van der Waals surface area contributed by atoms with E-state index < -0.39 is 21.4 Å². The van der Waals surface area contributed by atoms with Crippen LogP contribution < -0.4 is 4.72 Å². The fourth-order valence-electron chi connectivity index (χ4n) is 3.16. The zero-order valence-corrected chi connectivity index (χ0v) is 14.7. The third-order valence-electron chi connectivity index (χ3n) is 4.12. The summed E-state index contributed by atoms with van der Waals surface area (Å²) in [5, 5.41) is 0.587. The van der Waals surface area contributed by atoms with Crippen LogP contribution in [0, 0.1) is 18.7 Å². The number of sulfonamides is 1. The first-order valence-electron chi connectivity index (χ1n) is 7.14. The Kier molecular flexibility index (Phi) is 5.11. The molecule has 0 aliphatic heterocycles. The largest absolute Gasteiger partial charge is 0.241 e. The van der Waals surface area contributed by atoms with Crippen LogP contribution in [0.25, 0.3) is 0 Å². The first-order chi connectivity index (χ1) is 9.78. The molecule has 2 rings (SSSR count). The molecule has 2 atom stereocenters. The predicted octanol–water partition coefficient (Wildman–Crippen LogP) is 3.76. The summed E-state index contributed by atoms with van der Waals surface area (Å²) in [6.07, 6.45) is 3.78. The summed E-state index contributed by atoms with van der Waals surface area (Å²) < 4.78 is 41.3. The van der Waals surface area contributed by atoms with Crippen LogP contribution in [0.3, 0.4) is 0 Å². The van der Waals surface area contributed by atoms with E-state index in [9.17, 15) is 12.8 Å². The summed E-state index contributed by atoms with van der Waals surface area (Å²) >= 11 is 3.46. The maximum absolute atomic E-state index is 13.2. The molecule has 0 aromatic heterocycles. The van der Waals surface area contributed by atoms with Gasteiger partial charge in [-0.3, -0.25) is 0 Å². The normalized spacial score (nSPS) is 26.8. The second-order valence-electron chi connectivity index (χ2n) is 6.13. The fourth-order valence-corrected chi connectivity index (χ4v) is 5.66. The van der Waals surface area contributed by atoms with Gasteiger partial charge in [0.05, 0.1) is 4.90 Å². The van der Waals surface area contributed by atoms with Crippen LogP contribution in [-0.4, -0.2) is 19.3 Å². The third-order valence-corrected chi connectivity index (χ3v) is 6.94. The number of aryl methyl sites for hydroxylation is 1. The Morgan fingerprint density at radius 1 is 1.48 bits per heavy atom. The molecule has 0 amide bonds. The summed E-state index contributed by atoms with van der Waals surface area (Å²) in [5.74, 6) is 0.0706. The first-order valence-corrected chi connectivity index (χ1v) is 9.74. The predicted molar refractivity (Wildman–Crippen MR) is 85.6 cm³/mol. The zero-order valence-electron chi connectivity index (χ0n) is 12.3. The summed E-state index contributed by atoms with van der Waals surface area (Å²) in [4.78, 5) is 0.155. The molecule has 0 heterocycles. The topological polar surface area (TPSA) is 46.2 Å². The Morgan fingerprint density at radius 3 is 2.76 bits per heavy atom. The van der Waals surface area contributed by atoms with Gasteiger partial charge in [0.1, 0.15) is 5.82 Å². The van der Waals surface area contributed by atoms with E-state index in [0.717, 1.165) is 25.7 Å². The zero-order chi connectivity index (χ0) is 15.7. The molecule has 1 aromatic rings. The average molecular weight is 378 g/mol. The van der Waals surface area contributed by atoms with E-state index in [0.29, 0.717) is 16.8 Å². The molecule has 0 radical (unpaired) electrons. The summed E-state index contributed by atoms with van der Waals surface area (Å²) in [6, 6.07) is 3.77. The van der Waals surface area contributed by atoms with Gasteiger partial charge < -0.3 is 0 Å². The van der Waals surface area contributed by atoms with E-state index in [1.165, 1.54) is 18.2 Å². The molecule has 1 aliphatic carbocycles. The van der Waals surface area contributed by atoms with Gasteiger partial charge in [0.2, 0.25) is 10.0 Å². The van der Waals surface area contributed by atoms with Gasteiger partial charge in [-0.05, 0) is 49.4 Å². The number of alkyl halides is 1. The highest BCUT2D eigenvalue weighted by Gasteiger charge is 2.38. The SMILES string of the molecule is Cc1cc(F)ccc1S(=O)(=O)NC1(CBr)CCCC(C)C1. The van der Waals surface area contributed by atoms with E-state index in [-0.39, 0.29) is 4.90 Å². The molecule has 1 N–H and O–H groups in total. The third kappa shape index (κ3) is 3.85. The minimum atomic E-state index is -3.65. The van der Waals surface area contributed by atoms with Crippen molar-refractivity contribution in [1.82, 2.24) is 4.72 Å². The number of hydrogen-bond donors (Lipinski definition) is 1. The van der Waals surface area contributed by atoms with Crippen molar-refractivity contribution in [3.63, 3.8) is 0 Å². The number of nitrogens with one attached hydrogen (secondary N) is 1. The minimum Gasteiger partial charge on any atom is -0.207 e. The quantitative estimate of drug-likeness (QED) is 0.811. The molecule has 0 bridgehead atoms. The molecule has 21 heavy (non-hydrogen) atoms. The van der Waals surface area contributed by atoms with E-state index in [1.807, 2.05) is 0 Å². The number of hydrogen-bond acceptors (Lipinski definition) is 2. The van der Waals surface area contributed by atoms with Crippen LogP contribution in [0.2, 0.25) is 0 Å². The molecule has 118 valence electrons. The molecular weight excluding hydrogens is 357 g/mol. The van der Waals surface area contributed by atoms with Crippen molar-refractivity contribution < 1.29 is 12.8 Å². The van der Waals surface area contributed by atoms with Crippen LogP contribution >= 0.6 is 15.9 Å². The van der Waals surface area contributed by atoms with Crippen molar-refractivity contribution in [3.05, 3.63) is 29.6 Å². The van der Waals surface area contributed by atoms with E-state index in [1.54, 1.807) is 6.92 Å². The maximum Gasteiger partial charge on any atom is 0.241 e. The van der Waals surface area contributed by atoms with Gasteiger partial charge in [0.15, 0.2) is 0 Å².